The lowest BCUT2D eigenvalue weighted by atomic mass is 9.82. The van der Waals surface area contributed by atoms with E-state index >= 15 is 0 Å². The van der Waals surface area contributed by atoms with Crippen LogP contribution in [-0.2, 0) is 0 Å². The number of hydrogen-bond acceptors (Lipinski definition) is 2. The van der Waals surface area contributed by atoms with Crippen LogP contribution in [-0.4, -0.2) is 30.6 Å². The average molecular weight is 301 g/mol. The van der Waals surface area contributed by atoms with Gasteiger partial charge in [-0.1, -0.05) is 32.4 Å². The molecule has 114 valence electrons. The van der Waals surface area contributed by atoms with E-state index in [0.29, 0.717) is 5.02 Å². The quantitative estimate of drug-likeness (QED) is 0.810. The van der Waals surface area contributed by atoms with Gasteiger partial charge in [-0.15, -0.1) is 0 Å². The molecule has 0 aliphatic rings. The van der Waals surface area contributed by atoms with Gasteiger partial charge in [-0.3, -0.25) is 4.90 Å². The highest BCUT2D eigenvalue weighted by Gasteiger charge is 2.38. The van der Waals surface area contributed by atoms with Gasteiger partial charge in [0.1, 0.15) is 5.82 Å². The van der Waals surface area contributed by atoms with Gasteiger partial charge < -0.3 is 5.32 Å². The van der Waals surface area contributed by atoms with E-state index in [9.17, 15) is 4.39 Å². The standard InChI is InChI=1S/C16H26ClFN2/c1-6-16(4,20(7-2)8-3)15(19-5)13-11-12(18)9-10-14(13)17/h9-11,15,19H,6-8H2,1-5H3. The molecule has 1 aromatic carbocycles. The first kappa shape index (κ1) is 17.4. The molecule has 0 bridgehead atoms. The molecule has 1 aromatic rings. The van der Waals surface area contributed by atoms with Crippen LogP contribution in [0.1, 0.15) is 45.7 Å². The number of hydrogen-bond donors (Lipinski definition) is 1. The maximum absolute atomic E-state index is 13.6. The highest BCUT2D eigenvalue weighted by Crippen LogP contribution is 2.37. The van der Waals surface area contributed by atoms with E-state index in [0.717, 1.165) is 25.1 Å². The zero-order valence-corrected chi connectivity index (χ0v) is 13.9. The molecule has 0 aromatic heterocycles. The number of likely N-dealkylation sites (N-methyl/N-ethyl adjacent to an activating group) is 2. The third-order valence-corrected chi connectivity index (χ3v) is 4.73. The minimum atomic E-state index is -0.248. The van der Waals surface area contributed by atoms with Crippen LogP contribution in [0.2, 0.25) is 5.02 Å². The third kappa shape index (κ3) is 3.33. The predicted molar refractivity (Wildman–Crippen MR) is 84.8 cm³/mol. The Balaban J connectivity index is 3.31. The van der Waals surface area contributed by atoms with Crippen molar-refractivity contribution >= 4 is 11.6 Å². The second-order valence-corrected chi connectivity index (χ2v) is 5.68. The first-order chi connectivity index (χ1) is 9.44. The number of halogens is 2. The molecule has 1 rings (SSSR count). The van der Waals surface area contributed by atoms with E-state index in [-0.39, 0.29) is 17.4 Å². The normalized spacial score (nSPS) is 16.2. The Morgan fingerprint density at radius 2 is 1.90 bits per heavy atom. The van der Waals surface area contributed by atoms with Crippen LogP contribution in [0, 0.1) is 5.82 Å². The fourth-order valence-electron chi connectivity index (χ4n) is 3.09. The summed E-state index contributed by atoms with van der Waals surface area (Å²) >= 11 is 6.30. The Kier molecular flexibility index (Phi) is 6.44. The summed E-state index contributed by atoms with van der Waals surface area (Å²) in [5.41, 5.74) is 0.709. The highest BCUT2D eigenvalue weighted by molar-refractivity contribution is 6.31. The molecule has 0 aliphatic carbocycles. The molecule has 4 heteroatoms. The Morgan fingerprint density at radius 3 is 2.35 bits per heavy atom. The Hall–Kier alpha value is -0.640. The molecule has 1 N–H and O–H groups in total. The number of benzene rings is 1. The van der Waals surface area contributed by atoms with Crippen LogP contribution in [0.3, 0.4) is 0 Å². The lowest BCUT2D eigenvalue weighted by Crippen LogP contribution is -2.53. The monoisotopic (exact) mass is 300 g/mol. The summed E-state index contributed by atoms with van der Waals surface area (Å²) in [6.45, 7) is 10.6. The largest absolute Gasteiger partial charge is 0.311 e. The molecular weight excluding hydrogens is 275 g/mol. The van der Waals surface area contributed by atoms with Gasteiger partial charge in [0.25, 0.3) is 0 Å². The Morgan fingerprint density at radius 1 is 1.30 bits per heavy atom. The summed E-state index contributed by atoms with van der Waals surface area (Å²) in [5.74, 6) is -0.248. The van der Waals surface area contributed by atoms with Crippen LogP contribution in [0.25, 0.3) is 0 Å². The maximum atomic E-state index is 13.6. The van der Waals surface area contributed by atoms with Crippen LogP contribution >= 0.6 is 11.6 Å². The molecule has 0 amide bonds. The fraction of sp³-hybridized carbons (Fsp3) is 0.625. The zero-order valence-electron chi connectivity index (χ0n) is 13.1. The first-order valence-electron chi connectivity index (χ1n) is 7.31. The lowest BCUT2D eigenvalue weighted by molar-refractivity contribution is 0.0727. The van der Waals surface area contributed by atoms with Crippen molar-refractivity contribution < 1.29 is 4.39 Å². The summed E-state index contributed by atoms with van der Waals surface area (Å²) in [6, 6.07) is 4.56. The molecule has 2 atom stereocenters. The Labute approximate surface area is 127 Å². The minimum Gasteiger partial charge on any atom is -0.311 e. The van der Waals surface area contributed by atoms with Gasteiger partial charge in [0.15, 0.2) is 0 Å². The topological polar surface area (TPSA) is 15.3 Å². The predicted octanol–water partition coefficient (Wildman–Crippen LogP) is 4.25. The number of nitrogens with zero attached hydrogens (tertiary/aromatic N) is 1. The molecule has 0 saturated carbocycles. The molecule has 0 heterocycles. The smallest absolute Gasteiger partial charge is 0.123 e. The van der Waals surface area contributed by atoms with E-state index < -0.39 is 0 Å². The molecule has 0 radical (unpaired) electrons. The summed E-state index contributed by atoms with van der Waals surface area (Å²) in [7, 11) is 1.91. The summed E-state index contributed by atoms with van der Waals surface area (Å²) in [5, 5.41) is 3.94. The highest BCUT2D eigenvalue weighted by atomic mass is 35.5. The third-order valence-electron chi connectivity index (χ3n) is 4.38. The Bertz CT molecular complexity index is 434. The van der Waals surface area contributed by atoms with Gasteiger partial charge in [0.2, 0.25) is 0 Å². The van der Waals surface area contributed by atoms with E-state index in [1.807, 2.05) is 7.05 Å². The molecule has 20 heavy (non-hydrogen) atoms. The van der Waals surface area contributed by atoms with Crippen LogP contribution in [0.5, 0.6) is 0 Å². The van der Waals surface area contributed by atoms with Crippen molar-refractivity contribution in [1.29, 1.82) is 0 Å². The van der Waals surface area contributed by atoms with E-state index in [1.165, 1.54) is 6.07 Å². The SMILES string of the molecule is CCN(CC)C(C)(CC)C(NC)c1cc(F)ccc1Cl. The van der Waals surface area contributed by atoms with E-state index in [1.54, 1.807) is 12.1 Å². The van der Waals surface area contributed by atoms with Crippen molar-refractivity contribution in [2.45, 2.75) is 45.7 Å². The second kappa shape index (κ2) is 7.39. The summed E-state index contributed by atoms with van der Waals surface area (Å²) in [6.07, 6.45) is 0.951. The van der Waals surface area contributed by atoms with Gasteiger partial charge in [-0.05, 0) is 57.2 Å². The maximum Gasteiger partial charge on any atom is 0.123 e. The van der Waals surface area contributed by atoms with Crippen molar-refractivity contribution in [1.82, 2.24) is 10.2 Å². The molecule has 0 fully saturated rings. The van der Waals surface area contributed by atoms with Crippen LogP contribution < -0.4 is 5.32 Å². The van der Waals surface area contributed by atoms with Crippen molar-refractivity contribution in [3.8, 4) is 0 Å². The molecular formula is C16H26ClFN2. The van der Waals surface area contributed by atoms with Gasteiger partial charge in [0.05, 0.1) is 6.04 Å². The van der Waals surface area contributed by atoms with E-state index in [4.69, 9.17) is 11.6 Å². The van der Waals surface area contributed by atoms with Gasteiger partial charge in [-0.25, -0.2) is 4.39 Å². The first-order valence-corrected chi connectivity index (χ1v) is 7.69. The second-order valence-electron chi connectivity index (χ2n) is 5.27. The number of rotatable bonds is 7. The van der Waals surface area contributed by atoms with E-state index in [2.05, 4.69) is 37.9 Å². The van der Waals surface area contributed by atoms with Crippen LogP contribution in [0.4, 0.5) is 4.39 Å². The lowest BCUT2D eigenvalue weighted by Gasteiger charge is -2.46. The van der Waals surface area contributed by atoms with Gasteiger partial charge in [0, 0.05) is 10.6 Å². The van der Waals surface area contributed by atoms with Crippen molar-refractivity contribution in [2.24, 2.45) is 0 Å². The zero-order chi connectivity index (χ0) is 15.3. The average Bonchev–Trinajstić information content (AvgIpc) is 2.44. The minimum absolute atomic E-state index is 0.0180. The van der Waals surface area contributed by atoms with Gasteiger partial charge >= 0.3 is 0 Å². The molecule has 0 saturated heterocycles. The van der Waals surface area contributed by atoms with Crippen molar-refractivity contribution in [3.05, 3.63) is 34.6 Å². The van der Waals surface area contributed by atoms with Crippen molar-refractivity contribution in [2.75, 3.05) is 20.1 Å². The summed E-state index contributed by atoms with van der Waals surface area (Å²) < 4.78 is 13.6. The molecule has 0 aliphatic heterocycles. The van der Waals surface area contributed by atoms with Crippen molar-refractivity contribution in [3.63, 3.8) is 0 Å². The van der Waals surface area contributed by atoms with Gasteiger partial charge in [-0.2, -0.15) is 0 Å². The fourth-order valence-corrected chi connectivity index (χ4v) is 3.32. The summed E-state index contributed by atoms with van der Waals surface area (Å²) in [4.78, 5) is 2.40. The molecule has 2 unspecified atom stereocenters. The molecule has 0 spiro atoms. The number of nitrogens with one attached hydrogen (secondary N) is 1. The van der Waals surface area contributed by atoms with Crippen LogP contribution in [0.15, 0.2) is 18.2 Å². The molecule has 2 nitrogen and oxygen atoms in total.